The first-order valence-corrected chi connectivity index (χ1v) is 19.8. The molecule has 306 valence electrons. The molecule has 0 aliphatic carbocycles. The van der Waals surface area contributed by atoms with Gasteiger partial charge in [0.1, 0.15) is 49.4 Å². The minimum absolute atomic E-state index is 0.0808. The summed E-state index contributed by atoms with van der Waals surface area (Å²) in [5.74, 6) is 1.59. The molecule has 6 aromatic carbocycles. The van der Waals surface area contributed by atoms with E-state index >= 15 is 0 Å². The average Bonchev–Trinajstić information content (AvgIpc) is 3.27. The van der Waals surface area contributed by atoms with Gasteiger partial charge < -0.3 is 28.4 Å². The summed E-state index contributed by atoms with van der Waals surface area (Å²) < 4.78 is 36.1. The van der Waals surface area contributed by atoms with Gasteiger partial charge in [0.05, 0.1) is 0 Å². The number of ether oxygens (including phenoxy) is 6. The molecule has 2 unspecified atom stereocenters. The van der Waals surface area contributed by atoms with Crippen molar-refractivity contribution in [3.8, 4) is 56.4 Å². The Morgan fingerprint density at radius 3 is 1.12 bits per heavy atom. The summed E-state index contributed by atoms with van der Waals surface area (Å²) in [5.41, 5.74) is 9.90. The molecule has 6 aromatic rings. The lowest BCUT2D eigenvalue weighted by Gasteiger charge is -2.22. The first-order valence-electron chi connectivity index (χ1n) is 19.8. The molecule has 0 saturated carbocycles. The molecule has 6 rings (SSSR count). The first kappa shape index (κ1) is 42.5. The Kier molecular flexibility index (Phi) is 14.6. The van der Waals surface area contributed by atoms with Gasteiger partial charge in [-0.2, -0.15) is 0 Å². The Hall–Kier alpha value is -7.06. The van der Waals surface area contributed by atoms with Gasteiger partial charge in [-0.1, -0.05) is 98.1 Å². The van der Waals surface area contributed by atoms with Crippen LogP contribution in [0.3, 0.4) is 0 Å². The molecule has 0 aliphatic rings. The van der Waals surface area contributed by atoms with E-state index in [1.165, 1.54) is 0 Å². The van der Waals surface area contributed by atoms with E-state index in [1.807, 2.05) is 137 Å². The Morgan fingerprint density at radius 1 is 0.433 bits per heavy atom. The van der Waals surface area contributed by atoms with E-state index in [0.29, 0.717) is 23.0 Å². The summed E-state index contributed by atoms with van der Waals surface area (Å²) >= 11 is 0. The van der Waals surface area contributed by atoms with Crippen LogP contribution in [0.5, 0.6) is 23.0 Å². The van der Waals surface area contributed by atoms with Crippen LogP contribution < -0.4 is 18.9 Å². The van der Waals surface area contributed by atoms with Crippen molar-refractivity contribution < 1.29 is 38.0 Å². The van der Waals surface area contributed by atoms with Crippen LogP contribution in [0.2, 0.25) is 0 Å². The quantitative estimate of drug-likeness (QED) is 0.0591. The predicted octanol–water partition coefficient (Wildman–Crippen LogP) is 11.0. The van der Waals surface area contributed by atoms with Crippen LogP contribution >= 0.6 is 0 Å². The third-order valence-corrected chi connectivity index (χ3v) is 9.73. The zero-order chi connectivity index (χ0) is 42.4. The highest BCUT2D eigenvalue weighted by Gasteiger charge is 2.20. The SMILES string of the molecule is C=CC(=O)OC(COc1cccc(-c2ccccc2)c1)COc1c(C)cc(-c2cc(C)c(OCC(COc3cccc(-c4ccccc4)c3)OC(=O)C=C)c(C)c2)cc1C. The van der Waals surface area contributed by atoms with Gasteiger partial charge in [0.2, 0.25) is 0 Å². The third-order valence-electron chi connectivity index (χ3n) is 9.73. The van der Waals surface area contributed by atoms with Gasteiger partial charge in [0.15, 0.2) is 12.2 Å². The monoisotopic (exact) mass is 802 g/mol. The lowest BCUT2D eigenvalue weighted by Crippen LogP contribution is -2.31. The van der Waals surface area contributed by atoms with Gasteiger partial charge >= 0.3 is 11.9 Å². The molecule has 0 radical (unpaired) electrons. The second kappa shape index (κ2) is 20.6. The van der Waals surface area contributed by atoms with Crippen LogP contribution in [-0.4, -0.2) is 50.6 Å². The highest BCUT2D eigenvalue weighted by atomic mass is 16.6. The smallest absolute Gasteiger partial charge is 0.330 e. The fourth-order valence-corrected chi connectivity index (χ4v) is 6.87. The minimum Gasteiger partial charge on any atom is -0.490 e. The van der Waals surface area contributed by atoms with Crippen molar-refractivity contribution in [2.45, 2.75) is 39.9 Å². The van der Waals surface area contributed by atoms with Gasteiger partial charge in [-0.3, -0.25) is 0 Å². The van der Waals surface area contributed by atoms with Crippen molar-refractivity contribution in [1.82, 2.24) is 0 Å². The van der Waals surface area contributed by atoms with Crippen LogP contribution in [0.4, 0.5) is 0 Å². The molecule has 8 heteroatoms. The molecule has 0 saturated heterocycles. The summed E-state index contributed by atoms with van der Waals surface area (Å²) in [6, 6.07) is 43.9. The topological polar surface area (TPSA) is 89.5 Å². The third kappa shape index (κ3) is 11.5. The van der Waals surface area contributed by atoms with E-state index in [0.717, 1.165) is 67.8 Å². The van der Waals surface area contributed by atoms with Crippen molar-refractivity contribution in [3.63, 3.8) is 0 Å². The van der Waals surface area contributed by atoms with Crippen molar-refractivity contribution >= 4 is 11.9 Å². The Bertz CT molecular complexity index is 2200. The molecule has 8 nitrogen and oxygen atoms in total. The lowest BCUT2D eigenvalue weighted by molar-refractivity contribution is -0.147. The second-order valence-electron chi connectivity index (χ2n) is 14.4. The van der Waals surface area contributed by atoms with Crippen LogP contribution in [0.15, 0.2) is 159 Å². The second-order valence-corrected chi connectivity index (χ2v) is 14.4. The molecule has 0 bridgehead atoms. The Morgan fingerprint density at radius 2 is 0.767 bits per heavy atom. The number of aryl methyl sites for hydroxylation is 4. The van der Waals surface area contributed by atoms with Gasteiger partial charge in [0, 0.05) is 12.2 Å². The number of carbonyl (C=O) groups is 2. The van der Waals surface area contributed by atoms with E-state index in [9.17, 15) is 9.59 Å². The van der Waals surface area contributed by atoms with Crippen molar-refractivity contribution in [1.29, 1.82) is 0 Å². The van der Waals surface area contributed by atoms with Gasteiger partial charge in [-0.15, -0.1) is 0 Å². The number of benzene rings is 6. The zero-order valence-electron chi connectivity index (χ0n) is 34.5. The number of esters is 2. The largest absolute Gasteiger partial charge is 0.490 e. The molecule has 0 aromatic heterocycles. The number of carbonyl (C=O) groups excluding carboxylic acids is 2. The Balaban J connectivity index is 1.10. The fraction of sp³-hybridized carbons (Fsp3) is 0.192. The van der Waals surface area contributed by atoms with Gasteiger partial charge in [0.25, 0.3) is 0 Å². The highest BCUT2D eigenvalue weighted by molar-refractivity contribution is 5.81. The van der Waals surface area contributed by atoms with E-state index < -0.39 is 24.1 Å². The number of rotatable bonds is 19. The zero-order valence-corrected chi connectivity index (χ0v) is 34.5. The minimum atomic E-state index is -0.690. The summed E-state index contributed by atoms with van der Waals surface area (Å²) in [6.07, 6.45) is 0.882. The molecule has 0 aliphatic heterocycles. The first-order chi connectivity index (χ1) is 29.1. The normalized spacial score (nSPS) is 11.7. The van der Waals surface area contributed by atoms with Crippen LogP contribution in [0.1, 0.15) is 22.3 Å². The number of hydrogen-bond acceptors (Lipinski definition) is 8. The van der Waals surface area contributed by atoms with E-state index in [-0.39, 0.29) is 26.4 Å². The van der Waals surface area contributed by atoms with Crippen molar-refractivity contribution in [2.75, 3.05) is 26.4 Å². The van der Waals surface area contributed by atoms with Crippen molar-refractivity contribution in [3.05, 3.63) is 181 Å². The summed E-state index contributed by atoms with van der Waals surface area (Å²) in [5, 5.41) is 0. The maximum Gasteiger partial charge on any atom is 0.330 e. The fourth-order valence-electron chi connectivity index (χ4n) is 6.87. The lowest BCUT2D eigenvalue weighted by atomic mass is 9.96. The summed E-state index contributed by atoms with van der Waals surface area (Å²) in [4.78, 5) is 24.5. The molecule has 0 fully saturated rings. The van der Waals surface area contributed by atoms with E-state index in [1.54, 1.807) is 0 Å². The van der Waals surface area contributed by atoms with Crippen molar-refractivity contribution in [2.24, 2.45) is 0 Å². The average molecular weight is 803 g/mol. The molecule has 2 atom stereocenters. The van der Waals surface area contributed by atoms with E-state index in [2.05, 4.69) is 37.4 Å². The molecule has 60 heavy (non-hydrogen) atoms. The van der Waals surface area contributed by atoms with Gasteiger partial charge in [-0.25, -0.2) is 9.59 Å². The molecule has 0 spiro atoms. The Labute approximate surface area is 352 Å². The maximum absolute atomic E-state index is 12.3. The van der Waals surface area contributed by atoms with Gasteiger partial charge in [-0.05, 0) is 132 Å². The van der Waals surface area contributed by atoms with E-state index in [4.69, 9.17) is 28.4 Å². The van der Waals surface area contributed by atoms with Crippen LogP contribution in [0, 0.1) is 27.7 Å². The summed E-state index contributed by atoms with van der Waals surface area (Å²) in [7, 11) is 0. The summed E-state index contributed by atoms with van der Waals surface area (Å²) in [6.45, 7) is 15.4. The molecule has 0 N–H and O–H groups in total. The highest BCUT2D eigenvalue weighted by Crippen LogP contribution is 2.35. The molecular weight excluding hydrogens is 753 g/mol. The number of hydrogen-bond donors (Lipinski definition) is 0. The van der Waals surface area contributed by atoms with Crippen LogP contribution in [0.25, 0.3) is 33.4 Å². The predicted molar refractivity (Wildman–Crippen MR) is 237 cm³/mol. The van der Waals surface area contributed by atoms with Crippen LogP contribution in [-0.2, 0) is 19.1 Å². The maximum atomic E-state index is 12.3. The molecule has 0 amide bonds. The molecular formula is C52H50O8. The standard InChI is InChI=1S/C52H50O8/c1-7-49(53)59-47(31-55-45-23-15-21-41(29-45)39-17-11-9-12-18-39)33-57-51-35(3)25-43(26-36(51)4)44-27-37(5)52(38(6)28-44)58-34-48(60-50(54)8-2)32-56-46-24-16-22-42(30-46)40-19-13-10-14-20-40/h7-30,47-48H,1-2,31-34H2,3-6H3. The molecule has 0 heterocycles.